The fraction of sp³-hybridized carbons (Fsp3) is 0.455. The average molecular weight is 386 g/mol. The highest BCUT2D eigenvalue weighted by molar-refractivity contribution is 5.95. The third-order valence-corrected chi connectivity index (χ3v) is 5.64. The Morgan fingerprint density at radius 2 is 2.14 bits per heavy atom. The smallest absolute Gasteiger partial charge is 0.338 e. The SMILES string of the molecule is C/C=C\C1=C(C2C(C)CC2c2ccc(O)c(CO)c2OCCC=O)COC1=O. The molecule has 3 rings (SSSR count). The molecule has 0 radical (unpaired) electrons. The van der Waals surface area contributed by atoms with Gasteiger partial charge in [0.1, 0.15) is 24.4 Å². The molecule has 0 bridgehead atoms. The fourth-order valence-electron chi connectivity index (χ4n) is 4.31. The van der Waals surface area contributed by atoms with Crippen molar-refractivity contribution in [3.8, 4) is 11.5 Å². The van der Waals surface area contributed by atoms with E-state index in [0.29, 0.717) is 22.8 Å². The second kappa shape index (κ2) is 8.61. The van der Waals surface area contributed by atoms with Crippen LogP contribution in [0.15, 0.2) is 35.4 Å². The minimum atomic E-state index is -0.364. The third kappa shape index (κ3) is 3.56. The van der Waals surface area contributed by atoms with E-state index in [9.17, 15) is 19.8 Å². The maximum Gasteiger partial charge on any atom is 0.338 e. The van der Waals surface area contributed by atoms with Crippen LogP contribution < -0.4 is 4.74 Å². The summed E-state index contributed by atoms with van der Waals surface area (Å²) in [6.45, 7) is 4.11. The number of ether oxygens (including phenoxy) is 2. The van der Waals surface area contributed by atoms with Crippen molar-refractivity contribution in [2.24, 2.45) is 11.8 Å². The van der Waals surface area contributed by atoms with Gasteiger partial charge in [-0.15, -0.1) is 0 Å². The number of carbonyl (C=O) groups is 2. The number of carbonyl (C=O) groups excluding carboxylic acids is 2. The molecule has 3 unspecified atom stereocenters. The number of aliphatic hydroxyl groups is 1. The highest BCUT2D eigenvalue weighted by Crippen LogP contribution is 2.55. The van der Waals surface area contributed by atoms with Gasteiger partial charge >= 0.3 is 5.97 Å². The Bertz CT molecular complexity index is 823. The Labute approximate surface area is 164 Å². The van der Waals surface area contributed by atoms with Crippen molar-refractivity contribution in [2.75, 3.05) is 13.2 Å². The summed E-state index contributed by atoms with van der Waals surface area (Å²) in [7, 11) is 0. The highest BCUT2D eigenvalue weighted by Gasteiger charge is 2.46. The zero-order valence-electron chi connectivity index (χ0n) is 16.2. The molecular formula is C22H26O6. The second-order valence-corrected chi connectivity index (χ2v) is 7.30. The molecule has 0 aromatic heterocycles. The van der Waals surface area contributed by atoms with Gasteiger partial charge in [-0.25, -0.2) is 4.79 Å². The average Bonchev–Trinajstić information content (AvgIpc) is 3.01. The summed E-state index contributed by atoms with van der Waals surface area (Å²) >= 11 is 0. The number of phenols is 1. The van der Waals surface area contributed by atoms with Gasteiger partial charge < -0.3 is 24.5 Å². The minimum Gasteiger partial charge on any atom is -0.507 e. The van der Waals surface area contributed by atoms with E-state index >= 15 is 0 Å². The lowest BCUT2D eigenvalue weighted by Gasteiger charge is -2.45. The number of hydrogen-bond donors (Lipinski definition) is 2. The zero-order chi connectivity index (χ0) is 20.3. The summed E-state index contributed by atoms with van der Waals surface area (Å²) in [4.78, 5) is 22.8. The van der Waals surface area contributed by atoms with Gasteiger partial charge in [0.2, 0.25) is 0 Å². The lowest BCUT2D eigenvalue weighted by molar-refractivity contribution is -0.135. The Morgan fingerprint density at radius 3 is 2.79 bits per heavy atom. The quantitative estimate of drug-likeness (QED) is 0.405. The molecule has 2 N–H and O–H groups in total. The summed E-state index contributed by atoms with van der Waals surface area (Å²) in [6, 6.07) is 3.37. The Kier molecular flexibility index (Phi) is 6.19. The molecule has 6 heteroatoms. The first kappa shape index (κ1) is 20.1. The maximum absolute atomic E-state index is 12.1. The number of cyclic esters (lactones) is 1. The van der Waals surface area contributed by atoms with Crippen LogP contribution in [-0.2, 0) is 20.9 Å². The maximum atomic E-state index is 12.1. The van der Waals surface area contributed by atoms with Gasteiger partial charge in [-0.1, -0.05) is 25.1 Å². The van der Waals surface area contributed by atoms with Crippen molar-refractivity contribution in [2.45, 2.75) is 39.2 Å². The van der Waals surface area contributed by atoms with Crippen molar-refractivity contribution in [3.63, 3.8) is 0 Å². The predicted octanol–water partition coefficient (Wildman–Crippen LogP) is 3.02. The Morgan fingerprint density at radius 1 is 1.36 bits per heavy atom. The Balaban J connectivity index is 2.01. The summed E-state index contributed by atoms with van der Waals surface area (Å²) < 4.78 is 11.1. The first-order valence-corrected chi connectivity index (χ1v) is 9.58. The molecule has 1 fully saturated rings. The van der Waals surface area contributed by atoms with E-state index in [2.05, 4.69) is 6.92 Å². The van der Waals surface area contributed by atoms with Gasteiger partial charge in [-0.05, 0) is 48.3 Å². The number of esters is 1. The molecule has 6 nitrogen and oxygen atoms in total. The summed E-state index contributed by atoms with van der Waals surface area (Å²) in [5, 5.41) is 19.9. The number of allylic oxidation sites excluding steroid dienone is 1. The van der Waals surface area contributed by atoms with Crippen LogP contribution in [0.3, 0.4) is 0 Å². The van der Waals surface area contributed by atoms with E-state index in [1.807, 2.05) is 19.1 Å². The van der Waals surface area contributed by atoms with Gasteiger partial charge in [0.05, 0.1) is 24.4 Å². The molecule has 150 valence electrons. The summed E-state index contributed by atoms with van der Waals surface area (Å²) in [6.07, 6.45) is 5.52. The molecule has 1 aromatic rings. The first-order valence-electron chi connectivity index (χ1n) is 9.58. The molecule has 0 spiro atoms. The van der Waals surface area contributed by atoms with Crippen LogP contribution in [0.1, 0.15) is 43.7 Å². The van der Waals surface area contributed by atoms with Crippen LogP contribution in [0.2, 0.25) is 0 Å². The molecule has 1 aliphatic carbocycles. The number of aliphatic hydroxyl groups excluding tert-OH is 1. The molecule has 2 aliphatic rings. The second-order valence-electron chi connectivity index (χ2n) is 7.30. The molecular weight excluding hydrogens is 360 g/mol. The summed E-state index contributed by atoms with van der Waals surface area (Å²) in [5.74, 6) is 0.660. The van der Waals surface area contributed by atoms with Crippen molar-refractivity contribution in [3.05, 3.63) is 46.6 Å². The van der Waals surface area contributed by atoms with Crippen LogP contribution in [0.4, 0.5) is 0 Å². The van der Waals surface area contributed by atoms with Crippen molar-refractivity contribution < 1.29 is 29.3 Å². The molecule has 0 saturated heterocycles. The molecule has 1 aromatic carbocycles. The predicted molar refractivity (Wildman–Crippen MR) is 103 cm³/mol. The molecule has 3 atom stereocenters. The standard InChI is InChI=1S/C22H26O6/c1-3-5-15-18(12-28-22(15)26)20-13(2)10-16(20)14-6-7-19(25)17(11-24)21(14)27-9-4-8-23/h3,5-8,13,16,20,24-25H,4,9-12H2,1-2H3/b5-3-. The molecule has 0 amide bonds. The fourth-order valence-corrected chi connectivity index (χ4v) is 4.31. The van der Waals surface area contributed by atoms with Crippen LogP contribution in [0.5, 0.6) is 11.5 Å². The third-order valence-electron chi connectivity index (χ3n) is 5.64. The molecule has 28 heavy (non-hydrogen) atoms. The van der Waals surface area contributed by atoms with Gasteiger partial charge in [0.25, 0.3) is 0 Å². The number of benzene rings is 1. The first-order chi connectivity index (χ1) is 13.5. The van der Waals surface area contributed by atoms with Crippen LogP contribution in [0, 0.1) is 11.8 Å². The largest absolute Gasteiger partial charge is 0.507 e. The zero-order valence-corrected chi connectivity index (χ0v) is 16.2. The number of hydrogen-bond acceptors (Lipinski definition) is 6. The Hall–Kier alpha value is -2.60. The number of rotatable bonds is 8. The lowest BCUT2D eigenvalue weighted by atomic mass is 9.59. The van der Waals surface area contributed by atoms with Gasteiger partial charge in [0, 0.05) is 6.42 Å². The van der Waals surface area contributed by atoms with Gasteiger partial charge in [-0.2, -0.15) is 0 Å². The van der Waals surface area contributed by atoms with Crippen molar-refractivity contribution in [1.29, 1.82) is 0 Å². The van der Waals surface area contributed by atoms with E-state index in [0.717, 1.165) is 23.8 Å². The number of aldehydes is 1. The van der Waals surface area contributed by atoms with Crippen molar-refractivity contribution in [1.82, 2.24) is 0 Å². The van der Waals surface area contributed by atoms with Crippen molar-refractivity contribution >= 4 is 12.3 Å². The topological polar surface area (TPSA) is 93.1 Å². The summed E-state index contributed by atoms with van der Waals surface area (Å²) in [5.41, 5.74) is 2.81. The number of aromatic hydroxyl groups is 1. The minimum absolute atomic E-state index is 0.0375. The lowest BCUT2D eigenvalue weighted by Crippen LogP contribution is -2.35. The highest BCUT2D eigenvalue weighted by atomic mass is 16.5. The van der Waals surface area contributed by atoms with Crippen LogP contribution >= 0.6 is 0 Å². The van der Waals surface area contributed by atoms with Crippen LogP contribution in [0.25, 0.3) is 0 Å². The van der Waals surface area contributed by atoms with E-state index in [-0.39, 0.29) is 49.8 Å². The molecule has 1 saturated carbocycles. The monoisotopic (exact) mass is 386 g/mol. The normalized spacial score (nSPS) is 24.4. The molecule has 1 heterocycles. The molecule has 1 aliphatic heterocycles. The van der Waals surface area contributed by atoms with Gasteiger partial charge in [-0.3, -0.25) is 0 Å². The van der Waals surface area contributed by atoms with Gasteiger partial charge in [0.15, 0.2) is 0 Å². The van der Waals surface area contributed by atoms with E-state index < -0.39 is 0 Å². The van der Waals surface area contributed by atoms with E-state index in [1.165, 1.54) is 0 Å². The van der Waals surface area contributed by atoms with E-state index in [4.69, 9.17) is 9.47 Å². The van der Waals surface area contributed by atoms with Crippen LogP contribution in [-0.4, -0.2) is 35.7 Å². The van der Waals surface area contributed by atoms with E-state index in [1.54, 1.807) is 12.1 Å².